The largest absolute Gasteiger partial charge is 0.330 e. The zero-order valence-electron chi connectivity index (χ0n) is 11.4. The number of nitrogens with two attached hydrogens (primary N) is 1. The van der Waals surface area contributed by atoms with Crippen LogP contribution >= 0.6 is 0 Å². The molecule has 0 aliphatic carbocycles. The maximum absolute atomic E-state index is 13.3. The van der Waals surface area contributed by atoms with Gasteiger partial charge >= 0.3 is 5.69 Å². The number of rotatable bonds is 4. The number of benzene rings is 1. The zero-order chi connectivity index (χ0) is 15.8. The summed E-state index contributed by atoms with van der Waals surface area (Å²) in [6.07, 6.45) is 0.638. The molecule has 1 saturated heterocycles. The van der Waals surface area contributed by atoms with Crippen LogP contribution in [0.5, 0.6) is 0 Å². The summed E-state index contributed by atoms with van der Waals surface area (Å²) < 4.78 is 39.6. The van der Waals surface area contributed by atoms with Gasteiger partial charge in [0.25, 0.3) is 0 Å². The third-order valence-electron chi connectivity index (χ3n) is 3.66. The highest BCUT2D eigenvalue weighted by Gasteiger charge is 2.38. The van der Waals surface area contributed by atoms with Gasteiger partial charge in [-0.1, -0.05) is 0 Å². The van der Waals surface area contributed by atoms with Crippen molar-refractivity contribution in [2.24, 2.45) is 11.7 Å². The van der Waals surface area contributed by atoms with Crippen LogP contribution in [0.3, 0.4) is 0 Å². The molecule has 0 radical (unpaired) electrons. The first-order valence-electron chi connectivity index (χ1n) is 6.43. The number of nitrogens with zero attached hydrogens (tertiary/aromatic N) is 2. The summed E-state index contributed by atoms with van der Waals surface area (Å²) in [5.41, 5.74) is 4.71. The molecular weight excluding hydrogens is 301 g/mol. The van der Waals surface area contributed by atoms with E-state index >= 15 is 0 Å². The molecule has 1 fully saturated rings. The monoisotopic (exact) mass is 317 g/mol. The minimum absolute atomic E-state index is 0.0604. The standard InChI is InChI=1S/C12H16FN3O4S/c1-8-4-9(6-14)7-15(8)21(19,20)10-2-3-11(13)12(5-10)16(17)18/h2-3,5,8-9H,4,6-7,14H2,1H3. The Morgan fingerprint density at radius 3 is 2.71 bits per heavy atom. The minimum Gasteiger partial charge on any atom is -0.330 e. The van der Waals surface area contributed by atoms with Crippen LogP contribution in [0.15, 0.2) is 23.1 Å². The molecule has 0 spiro atoms. The molecule has 1 aromatic carbocycles. The summed E-state index contributed by atoms with van der Waals surface area (Å²) in [6.45, 7) is 2.40. The van der Waals surface area contributed by atoms with Crippen LogP contribution in [-0.2, 0) is 10.0 Å². The number of nitro groups is 1. The molecule has 2 rings (SSSR count). The molecule has 1 aliphatic heterocycles. The quantitative estimate of drug-likeness (QED) is 0.661. The number of nitro benzene ring substituents is 1. The van der Waals surface area contributed by atoms with Crippen LogP contribution < -0.4 is 5.73 Å². The highest BCUT2D eigenvalue weighted by Crippen LogP contribution is 2.30. The Morgan fingerprint density at radius 2 is 2.19 bits per heavy atom. The van der Waals surface area contributed by atoms with E-state index in [0.29, 0.717) is 13.0 Å². The van der Waals surface area contributed by atoms with Crippen molar-refractivity contribution < 1.29 is 17.7 Å². The van der Waals surface area contributed by atoms with Gasteiger partial charge in [0, 0.05) is 18.7 Å². The first kappa shape index (κ1) is 15.8. The number of hydrogen-bond acceptors (Lipinski definition) is 5. The van der Waals surface area contributed by atoms with E-state index in [-0.39, 0.29) is 23.4 Å². The summed E-state index contributed by atoms with van der Waals surface area (Å²) in [4.78, 5) is 9.51. The molecule has 2 N–H and O–H groups in total. The smallest absolute Gasteiger partial charge is 0.306 e. The topological polar surface area (TPSA) is 107 Å². The van der Waals surface area contributed by atoms with Crippen LogP contribution in [0.1, 0.15) is 13.3 Å². The van der Waals surface area contributed by atoms with Crippen molar-refractivity contribution in [1.82, 2.24) is 4.31 Å². The fraction of sp³-hybridized carbons (Fsp3) is 0.500. The maximum Gasteiger partial charge on any atom is 0.306 e. The van der Waals surface area contributed by atoms with E-state index in [1.54, 1.807) is 6.92 Å². The van der Waals surface area contributed by atoms with Gasteiger partial charge in [0.05, 0.1) is 9.82 Å². The van der Waals surface area contributed by atoms with Crippen molar-refractivity contribution in [2.45, 2.75) is 24.3 Å². The Kier molecular flexibility index (Phi) is 4.26. The molecule has 2 atom stereocenters. The van der Waals surface area contributed by atoms with Gasteiger partial charge in [-0.25, -0.2) is 8.42 Å². The third-order valence-corrected chi connectivity index (χ3v) is 5.63. The fourth-order valence-electron chi connectivity index (χ4n) is 2.54. The molecule has 0 aromatic heterocycles. The van der Waals surface area contributed by atoms with Crippen molar-refractivity contribution in [3.8, 4) is 0 Å². The number of sulfonamides is 1. The lowest BCUT2D eigenvalue weighted by Gasteiger charge is -2.20. The van der Waals surface area contributed by atoms with Crippen molar-refractivity contribution in [3.63, 3.8) is 0 Å². The van der Waals surface area contributed by atoms with Crippen LogP contribution in [0, 0.1) is 21.8 Å². The Hall–Kier alpha value is -1.58. The predicted molar refractivity (Wildman–Crippen MR) is 73.6 cm³/mol. The molecule has 9 heteroatoms. The second kappa shape index (κ2) is 5.66. The minimum atomic E-state index is -3.90. The molecule has 1 heterocycles. The summed E-state index contributed by atoms with van der Waals surface area (Å²) in [5.74, 6) is -1.00. The SMILES string of the molecule is CC1CC(CN)CN1S(=O)(=O)c1ccc(F)c([N+](=O)[O-])c1. The normalized spacial score (nSPS) is 23.4. The molecular formula is C12H16FN3O4S. The molecule has 0 amide bonds. The summed E-state index contributed by atoms with van der Waals surface area (Å²) in [6, 6.07) is 2.35. The summed E-state index contributed by atoms with van der Waals surface area (Å²) in [5, 5.41) is 10.7. The Labute approximate surface area is 121 Å². The van der Waals surface area contributed by atoms with Crippen molar-refractivity contribution in [3.05, 3.63) is 34.1 Å². The van der Waals surface area contributed by atoms with Crippen LogP contribution in [0.4, 0.5) is 10.1 Å². The van der Waals surface area contributed by atoms with Crippen molar-refractivity contribution >= 4 is 15.7 Å². The predicted octanol–water partition coefficient (Wildman–Crippen LogP) is 1.09. The first-order chi connectivity index (χ1) is 9.77. The van der Waals surface area contributed by atoms with Crippen molar-refractivity contribution in [1.29, 1.82) is 0 Å². The highest BCUT2D eigenvalue weighted by atomic mass is 32.2. The lowest BCUT2D eigenvalue weighted by molar-refractivity contribution is -0.387. The van der Waals surface area contributed by atoms with Crippen LogP contribution in [0.25, 0.3) is 0 Å². The van der Waals surface area contributed by atoms with Crippen LogP contribution in [-0.4, -0.2) is 36.8 Å². The van der Waals surface area contributed by atoms with E-state index in [0.717, 1.165) is 18.2 Å². The second-order valence-electron chi connectivity index (χ2n) is 5.13. The Balaban J connectivity index is 2.41. The lowest BCUT2D eigenvalue weighted by Crippen LogP contribution is -2.34. The lowest BCUT2D eigenvalue weighted by atomic mass is 10.1. The van der Waals surface area contributed by atoms with Crippen LogP contribution in [0.2, 0.25) is 0 Å². The summed E-state index contributed by atoms with van der Waals surface area (Å²) in [7, 11) is -3.90. The van der Waals surface area contributed by atoms with Gasteiger partial charge in [0.15, 0.2) is 0 Å². The van der Waals surface area contributed by atoms with Gasteiger partial charge in [-0.2, -0.15) is 8.70 Å². The second-order valence-corrected chi connectivity index (χ2v) is 7.02. The van der Waals surface area contributed by atoms with E-state index in [9.17, 15) is 22.9 Å². The van der Waals surface area contributed by atoms with Gasteiger partial charge in [-0.15, -0.1) is 0 Å². The van der Waals surface area contributed by atoms with Gasteiger partial charge in [0.2, 0.25) is 15.8 Å². The van der Waals surface area contributed by atoms with E-state index < -0.39 is 26.5 Å². The van der Waals surface area contributed by atoms with Gasteiger partial charge in [-0.3, -0.25) is 10.1 Å². The molecule has 1 aromatic rings. The first-order valence-corrected chi connectivity index (χ1v) is 7.87. The van der Waals surface area contributed by atoms with E-state index in [1.807, 2.05) is 0 Å². The number of halogens is 1. The average Bonchev–Trinajstić information content (AvgIpc) is 2.80. The molecule has 2 unspecified atom stereocenters. The molecule has 0 saturated carbocycles. The maximum atomic E-state index is 13.3. The molecule has 1 aliphatic rings. The zero-order valence-corrected chi connectivity index (χ0v) is 12.2. The third kappa shape index (κ3) is 2.89. The van der Waals surface area contributed by atoms with Gasteiger partial charge < -0.3 is 5.73 Å². The van der Waals surface area contributed by atoms with E-state index in [1.165, 1.54) is 4.31 Å². The molecule has 7 nitrogen and oxygen atoms in total. The Bertz CT molecular complexity index is 664. The molecule has 21 heavy (non-hydrogen) atoms. The van der Waals surface area contributed by atoms with E-state index in [4.69, 9.17) is 5.73 Å². The fourth-order valence-corrected chi connectivity index (χ4v) is 4.28. The van der Waals surface area contributed by atoms with Gasteiger partial charge in [-0.05, 0) is 37.9 Å². The summed E-state index contributed by atoms with van der Waals surface area (Å²) >= 11 is 0. The average molecular weight is 317 g/mol. The van der Waals surface area contributed by atoms with Gasteiger partial charge in [0.1, 0.15) is 0 Å². The Morgan fingerprint density at radius 1 is 1.52 bits per heavy atom. The molecule has 116 valence electrons. The van der Waals surface area contributed by atoms with E-state index in [2.05, 4.69) is 0 Å². The number of hydrogen-bond donors (Lipinski definition) is 1. The highest BCUT2D eigenvalue weighted by molar-refractivity contribution is 7.89. The molecule has 0 bridgehead atoms. The van der Waals surface area contributed by atoms with Crippen molar-refractivity contribution in [2.75, 3.05) is 13.1 Å².